The standard InChI is InChI=1S/C14H22ClIN2O/c1-6-8-9-10(16)12(15)18-13(17-9)11(19-7-2)14(3,4)5/h11H,6-8H2,1-5H3. The zero-order chi connectivity index (χ0) is 14.6. The molecule has 1 heterocycles. The molecule has 1 aromatic heterocycles. The van der Waals surface area contributed by atoms with Gasteiger partial charge in [-0.05, 0) is 41.4 Å². The Labute approximate surface area is 134 Å². The van der Waals surface area contributed by atoms with Gasteiger partial charge in [0.1, 0.15) is 11.3 Å². The van der Waals surface area contributed by atoms with Crippen molar-refractivity contribution < 1.29 is 4.74 Å². The van der Waals surface area contributed by atoms with Crippen LogP contribution in [0, 0.1) is 8.99 Å². The monoisotopic (exact) mass is 396 g/mol. The fourth-order valence-electron chi connectivity index (χ4n) is 1.88. The molecule has 1 aromatic rings. The third-order valence-electron chi connectivity index (χ3n) is 2.74. The molecule has 0 amide bonds. The van der Waals surface area contributed by atoms with Gasteiger partial charge in [0.2, 0.25) is 0 Å². The van der Waals surface area contributed by atoms with E-state index in [2.05, 4.69) is 60.3 Å². The normalized spacial score (nSPS) is 13.6. The summed E-state index contributed by atoms with van der Waals surface area (Å²) in [5, 5.41) is 0.531. The maximum absolute atomic E-state index is 6.23. The van der Waals surface area contributed by atoms with Crippen LogP contribution in [0.1, 0.15) is 58.7 Å². The lowest BCUT2D eigenvalue weighted by Gasteiger charge is -2.29. The van der Waals surface area contributed by atoms with Crippen LogP contribution in [-0.2, 0) is 11.2 Å². The molecule has 0 bridgehead atoms. The lowest BCUT2D eigenvalue weighted by atomic mass is 9.88. The van der Waals surface area contributed by atoms with E-state index in [-0.39, 0.29) is 11.5 Å². The van der Waals surface area contributed by atoms with Gasteiger partial charge in [0.05, 0.1) is 9.26 Å². The molecule has 0 aliphatic rings. The predicted molar refractivity (Wildman–Crippen MR) is 87.6 cm³/mol. The van der Waals surface area contributed by atoms with Crippen molar-refractivity contribution in [1.82, 2.24) is 9.97 Å². The molecule has 0 radical (unpaired) electrons. The summed E-state index contributed by atoms with van der Waals surface area (Å²) in [7, 11) is 0. The molecule has 0 spiro atoms. The number of nitrogens with zero attached hydrogens (tertiary/aromatic N) is 2. The molecular weight excluding hydrogens is 375 g/mol. The van der Waals surface area contributed by atoms with Crippen LogP contribution in [0.3, 0.4) is 0 Å². The molecule has 0 N–H and O–H groups in total. The zero-order valence-electron chi connectivity index (χ0n) is 12.3. The van der Waals surface area contributed by atoms with Crippen molar-refractivity contribution in [2.75, 3.05) is 6.61 Å². The Morgan fingerprint density at radius 1 is 1.26 bits per heavy atom. The van der Waals surface area contributed by atoms with Gasteiger partial charge >= 0.3 is 0 Å². The van der Waals surface area contributed by atoms with Gasteiger partial charge in [-0.15, -0.1) is 0 Å². The number of rotatable bonds is 5. The highest BCUT2D eigenvalue weighted by molar-refractivity contribution is 14.1. The number of ether oxygens (including phenoxy) is 1. The van der Waals surface area contributed by atoms with E-state index in [0.29, 0.717) is 17.6 Å². The molecule has 0 aliphatic heterocycles. The van der Waals surface area contributed by atoms with Crippen molar-refractivity contribution in [3.8, 4) is 0 Å². The first-order chi connectivity index (χ1) is 8.81. The first-order valence-corrected chi connectivity index (χ1v) is 8.10. The number of aryl methyl sites for hydroxylation is 1. The molecule has 0 saturated heterocycles. The summed E-state index contributed by atoms with van der Waals surface area (Å²) in [6, 6.07) is 0. The van der Waals surface area contributed by atoms with Gasteiger partial charge < -0.3 is 4.74 Å². The van der Waals surface area contributed by atoms with Gasteiger partial charge in [-0.25, -0.2) is 9.97 Å². The summed E-state index contributed by atoms with van der Waals surface area (Å²) in [4.78, 5) is 9.10. The number of halogens is 2. The molecule has 0 saturated carbocycles. The molecule has 19 heavy (non-hydrogen) atoms. The minimum atomic E-state index is -0.136. The summed E-state index contributed by atoms with van der Waals surface area (Å²) < 4.78 is 6.79. The SMILES string of the molecule is CCCc1nc(C(OCC)C(C)(C)C)nc(Cl)c1I. The Kier molecular flexibility index (Phi) is 6.47. The topological polar surface area (TPSA) is 35.0 Å². The van der Waals surface area contributed by atoms with Crippen molar-refractivity contribution in [3.63, 3.8) is 0 Å². The minimum absolute atomic E-state index is 0.0599. The second kappa shape index (κ2) is 7.18. The average Bonchev–Trinajstić information content (AvgIpc) is 2.30. The van der Waals surface area contributed by atoms with Gasteiger partial charge in [0.25, 0.3) is 0 Å². The van der Waals surface area contributed by atoms with Gasteiger partial charge in [-0.3, -0.25) is 0 Å². The Morgan fingerprint density at radius 2 is 1.89 bits per heavy atom. The van der Waals surface area contributed by atoms with Crippen LogP contribution < -0.4 is 0 Å². The largest absolute Gasteiger partial charge is 0.370 e. The molecule has 0 aromatic carbocycles. The summed E-state index contributed by atoms with van der Waals surface area (Å²) in [5.74, 6) is 0.697. The van der Waals surface area contributed by atoms with Crippen molar-refractivity contribution in [2.24, 2.45) is 5.41 Å². The molecule has 108 valence electrons. The van der Waals surface area contributed by atoms with E-state index in [1.54, 1.807) is 0 Å². The molecule has 0 fully saturated rings. The molecule has 1 rings (SSSR count). The van der Waals surface area contributed by atoms with Crippen LogP contribution in [-0.4, -0.2) is 16.6 Å². The highest BCUT2D eigenvalue weighted by Crippen LogP contribution is 2.35. The van der Waals surface area contributed by atoms with Gasteiger partial charge in [0, 0.05) is 6.61 Å². The Hall–Kier alpha value is 0.0600. The summed E-state index contributed by atoms with van der Waals surface area (Å²) in [6.45, 7) is 11.1. The fourth-order valence-corrected chi connectivity index (χ4v) is 2.59. The van der Waals surface area contributed by atoms with E-state index < -0.39 is 0 Å². The Morgan fingerprint density at radius 3 is 2.37 bits per heavy atom. The Bertz CT molecular complexity index is 432. The van der Waals surface area contributed by atoms with Crippen LogP contribution in [0.2, 0.25) is 5.15 Å². The zero-order valence-corrected chi connectivity index (χ0v) is 15.2. The summed E-state index contributed by atoms with van der Waals surface area (Å²) in [5.41, 5.74) is 0.961. The van der Waals surface area contributed by atoms with E-state index in [9.17, 15) is 0 Å². The van der Waals surface area contributed by atoms with Crippen LogP contribution >= 0.6 is 34.2 Å². The average molecular weight is 397 g/mol. The van der Waals surface area contributed by atoms with Gasteiger partial charge in [-0.1, -0.05) is 45.7 Å². The van der Waals surface area contributed by atoms with Crippen molar-refractivity contribution in [1.29, 1.82) is 0 Å². The molecule has 5 heteroatoms. The lowest BCUT2D eigenvalue weighted by Crippen LogP contribution is -2.24. The quantitative estimate of drug-likeness (QED) is 0.529. The second-order valence-electron chi connectivity index (χ2n) is 5.58. The Balaban J connectivity index is 3.24. The maximum atomic E-state index is 6.23. The van der Waals surface area contributed by atoms with E-state index in [1.807, 2.05) is 6.92 Å². The van der Waals surface area contributed by atoms with E-state index >= 15 is 0 Å². The second-order valence-corrected chi connectivity index (χ2v) is 7.02. The van der Waals surface area contributed by atoms with E-state index in [4.69, 9.17) is 16.3 Å². The van der Waals surface area contributed by atoms with Crippen LogP contribution in [0.15, 0.2) is 0 Å². The van der Waals surface area contributed by atoms with Crippen molar-refractivity contribution in [2.45, 2.75) is 53.6 Å². The number of aromatic nitrogens is 2. The van der Waals surface area contributed by atoms with E-state index in [1.165, 1.54) is 0 Å². The van der Waals surface area contributed by atoms with Crippen LogP contribution in [0.5, 0.6) is 0 Å². The smallest absolute Gasteiger partial charge is 0.159 e. The molecule has 3 nitrogen and oxygen atoms in total. The van der Waals surface area contributed by atoms with E-state index in [0.717, 1.165) is 22.1 Å². The fraction of sp³-hybridized carbons (Fsp3) is 0.714. The molecule has 0 aliphatic carbocycles. The first-order valence-electron chi connectivity index (χ1n) is 6.64. The van der Waals surface area contributed by atoms with Crippen molar-refractivity contribution >= 4 is 34.2 Å². The van der Waals surface area contributed by atoms with Gasteiger partial charge in [-0.2, -0.15) is 0 Å². The highest BCUT2D eigenvalue weighted by atomic mass is 127. The number of hydrogen-bond acceptors (Lipinski definition) is 3. The van der Waals surface area contributed by atoms with Crippen molar-refractivity contribution in [3.05, 3.63) is 20.2 Å². The maximum Gasteiger partial charge on any atom is 0.159 e. The van der Waals surface area contributed by atoms with Crippen LogP contribution in [0.4, 0.5) is 0 Å². The van der Waals surface area contributed by atoms with Crippen LogP contribution in [0.25, 0.3) is 0 Å². The third-order valence-corrected chi connectivity index (χ3v) is 4.46. The molecule has 1 unspecified atom stereocenters. The third kappa shape index (κ3) is 4.53. The summed E-state index contributed by atoms with van der Waals surface area (Å²) in [6.07, 6.45) is 1.82. The minimum Gasteiger partial charge on any atom is -0.370 e. The molecule has 1 atom stereocenters. The summed E-state index contributed by atoms with van der Waals surface area (Å²) >= 11 is 8.45. The first kappa shape index (κ1) is 17.1. The predicted octanol–water partition coefficient (Wildman–Crippen LogP) is 4.81. The molecular formula is C14H22ClIN2O. The lowest BCUT2D eigenvalue weighted by molar-refractivity contribution is -0.0192. The van der Waals surface area contributed by atoms with Gasteiger partial charge in [0.15, 0.2) is 5.82 Å². The highest BCUT2D eigenvalue weighted by Gasteiger charge is 2.30. The number of hydrogen-bond donors (Lipinski definition) is 0.